The zero-order valence-electron chi connectivity index (χ0n) is 10.8. The number of hydrogen-bond donors (Lipinski definition) is 0. The average molecular weight is 311 g/mol. The zero-order valence-corrected chi connectivity index (χ0v) is 12.4. The second kappa shape index (κ2) is 4.72. The fourth-order valence-corrected chi connectivity index (χ4v) is 2.38. The number of furan rings is 1. The molecule has 0 amide bonds. The first kappa shape index (κ1) is 13.1. The maximum atomic E-state index is 12.5. The molecule has 0 saturated carbocycles. The van der Waals surface area contributed by atoms with Crippen molar-refractivity contribution in [2.24, 2.45) is 0 Å². The van der Waals surface area contributed by atoms with Gasteiger partial charge < -0.3 is 4.42 Å². The van der Waals surface area contributed by atoms with Gasteiger partial charge in [-0.2, -0.15) is 5.10 Å². The van der Waals surface area contributed by atoms with Crippen LogP contribution < -0.4 is 0 Å². The van der Waals surface area contributed by atoms with Crippen LogP contribution in [0.1, 0.15) is 47.5 Å². The molecule has 2 rings (SSSR count). The Morgan fingerprint density at radius 2 is 2.11 bits per heavy atom. The van der Waals surface area contributed by atoms with Gasteiger partial charge in [0.15, 0.2) is 0 Å². The predicted octanol–water partition coefficient (Wildman–Crippen LogP) is 3.67. The van der Waals surface area contributed by atoms with Crippen molar-refractivity contribution in [2.75, 3.05) is 0 Å². The summed E-state index contributed by atoms with van der Waals surface area (Å²) in [5.74, 6) is 1.31. The summed E-state index contributed by atoms with van der Waals surface area (Å²) in [4.78, 5) is 12.5. The first-order chi connectivity index (χ1) is 8.41. The molecule has 0 aromatic carbocycles. The summed E-state index contributed by atoms with van der Waals surface area (Å²) >= 11 is 3.38. The number of carbonyl (C=O) groups is 1. The highest BCUT2D eigenvalue weighted by atomic mass is 79.9. The molecule has 0 aliphatic heterocycles. The Morgan fingerprint density at radius 3 is 2.61 bits per heavy atom. The number of carbonyl (C=O) groups excluding carboxylic acids is 1. The molecule has 2 aromatic rings. The third-order valence-corrected chi connectivity index (χ3v) is 3.32. The van der Waals surface area contributed by atoms with Crippen LogP contribution in [0, 0.1) is 13.8 Å². The summed E-state index contributed by atoms with van der Waals surface area (Å²) in [6.07, 6.45) is 1.65. The number of ketones is 1. The molecule has 4 nitrogen and oxygen atoms in total. The lowest BCUT2D eigenvalue weighted by Gasteiger charge is -2.10. The van der Waals surface area contributed by atoms with E-state index in [1.54, 1.807) is 23.9 Å². The van der Waals surface area contributed by atoms with E-state index in [0.717, 1.165) is 5.76 Å². The van der Waals surface area contributed by atoms with Gasteiger partial charge in [0.05, 0.1) is 16.2 Å². The molecule has 0 saturated heterocycles. The number of aryl methyl sites for hydroxylation is 2. The summed E-state index contributed by atoms with van der Waals surface area (Å²) in [5.41, 5.74) is 1.16. The van der Waals surface area contributed by atoms with Crippen LogP contribution in [0.4, 0.5) is 0 Å². The normalized spacial score (nSPS) is 11.2. The molecule has 0 unspecified atom stereocenters. The molecule has 0 bridgehead atoms. The molecular formula is C13H15BrN2O2. The van der Waals surface area contributed by atoms with Gasteiger partial charge in [-0.1, -0.05) is 0 Å². The van der Waals surface area contributed by atoms with Gasteiger partial charge in [-0.25, -0.2) is 0 Å². The highest BCUT2D eigenvalue weighted by Crippen LogP contribution is 2.25. The Hall–Kier alpha value is -1.36. The van der Waals surface area contributed by atoms with Gasteiger partial charge in [0.25, 0.3) is 0 Å². The van der Waals surface area contributed by atoms with E-state index in [1.165, 1.54) is 0 Å². The minimum Gasteiger partial charge on any atom is -0.466 e. The van der Waals surface area contributed by atoms with Gasteiger partial charge in [0.1, 0.15) is 17.2 Å². The Labute approximate surface area is 114 Å². The summed E-state index contributed by atoms with van der Waals surface area (Å²) in [7, 11) is 0. The number of halogens is 1. The minimum absolute atomic E-state index is 0.0672. The van der Waals surface area contributed by atoms with Crippen molar-refractivity contribution < 1.29 is 9.21 Å². The third-order valence-electron chi connectivity index (χ3n) is 2.74. The monoisotopic (exact) mass is 310 g/mol. The van der Waals surface area contributed by atoms with E-state index in [2.05, 4.69) is 21.0 Å². The summed E-state index contributed by atoms with van der Waals surface area (Å²) in [6.45, 7) is 7.61. The standard InChI is InChI=1S/C13H15BrN2O2/c1-7(2)16-12(11(14)6-15-16)13(17)10-5-8(3)18-9(10)4/h5-7H,1-4H3. The van der Waals surface area contributed by atoms with Crippen molar-refractivity contribution in [1.82, 2.24) is 9.78 Å². The van der Waals surface area contributed by atoms with Crippen molar-refractivity contribution in [2.45, 2.75) is 33.7 Å². The van der Waals surface area contributed by atoms with Crippen LogP contribution in [0.5, 0.6) is 0 Å². The Kier molecular flexibility index (Phi) is 3.43. The van der Waals surface area contributed by atoms with Gasteiger partial charge in [0.2, 0.25) is 5.78 Å². The molecule has 2 heterocycles. The van der Waals surface area contributed by atoms with Crippen LogP contribution in [0.2, 0.25) is 0 Å². The van der Waals surface area contributed by atoms with Crippen LogP contribution >= 0.6 is 15.9 Å². The number of nitrogens with zero attached hydrogens (tertiary/aromatic N) is 2. The van der Waals surface area contributed by atoms with Crippen LogP contribution in [-0.2, 0) is 0 Å². The quantitative estimate of drug-likeness (QED) is 0.813. The zero-order chi connectivity index (χ0) is 13.4. The molecule has 0 aliphatic carbocycles. The van der Waals surface area contributed by atoms with Crippen LogP contribution in [0.15, 0.2) is 21.2 Å². The maximum absolute atomic E-state index is 12.5. The molecule has 2 aromatic heterocycles. The Balaban J connectivity index is 2.52. The first-order valence-electron chi connectivity index (χ1n) is 5.76. The number of hydrogen-bond acceptors (Lipinski definition) is 3. The van der Waals surface area contributed by atoms with Crippen molar-refractivity contribution in [3.63, 3.8) is 0 Å². The SMILES string of the molecule is Cc1cc(C(=O)c2c(Br)cnn2C(C)C)c(C)o1. The highest BCUT2D eigenvalue weighted by molar-refractivity contribution is 9.10. The summed E-state index contributed by atoms with van der Waals surface area (Å²) < 4.78 is 7.83. The maximum Gasteiger partial charge on any atom is 0.215 e. The van der Waals surface area contributed by atoms with Gasteiger partial charge in [-0.3, -0.25) is 9.48 Å². The largest absolute Gasteiger partial charge is 0.466 e. The average Bonchev–Trinajstić information content (AvgIpc) is 2.81. The van der Waals surface area contributed by atoms with Gasteiger partial charge >= 0.3 is 0 Å². The number of aromatic nitrogens is 2. The molecule has 18 heavy (non-hydrogen) atoms. The van der Waals surface area contributed by atoms with E-state index in [4.69, 9.17) is 4.42 Å². The van der Waals surface area contributed by atoms with Gasteiger partial charge in [-0.15, -0.1) is 0 Å². The lowest BCUT2D eigenvalue weighted by Crippen LogP contribution is -2.14. The summed E-state index contributed by atoms with van der Waals surface area (Å²) in [6, 6.07) is 1.89. The van der Waals surface area contributed by atoms with Crippen LogP contribution in [0.3, 0.4) is 0 Å². The van der Waals surface area contributed by atoms with Crippen LogP contribution in [0.25, 0.3) is 0 Å². The lowest BCUT2D eigenvalue weighted by atomic mass is 10.1. The van der Waals surface area contributed by atoms with E-state index < -0.39 is 0 Å². The second-order valence-electron chi connectivity index (χ2n) is 4.54. The van der Waals surface area contributed by atoms with Gasteiger partial charge in [0, 0.05) is 6.04 Å². The smallest absolute Gasteiger partial charge is 0.215 e. The van der Waals surface area contributed by atoms with E-state index in [0.29, 0.717) is 21.5 Å². The molecule has 5 heteroatoms. The van der Waals surface area contributed by atoms with Crippen molar-refractivity contribution in [3.05, 3.63) is 39.5 Å². The Morgan fingerprint density at radius 1 is 1.44 bits per heavy atom. The molecule has 0 spiro atoms. The van der Waals surface area contributed by atoms with Gasteiger partial charge in [-0.05, 0) is 49.7 Å². The topological polar surface area (TPSA) is 48.0 Å². The molecular weight excluding hydrogens is 296 g/mol. The molecule has 0 fully saturated rings. The lowest BCUT2D eigenvalue weighted by molar-refractivity contribution is 0.102. The second-order valence-corrected chi connectivity index (χ2v) is 5.39. The van der Waals surface area contributed by atoms with E-state index in [-0.39, 0.29) is 11.8 Å². The van der Waals surface area contributed by atoms with Crippen molar-refractivity contribution in [1.29, 1.82) is 0 Å². The molecule has 96 valence electrons. The molecule has 0 N–H and O–H groups in total. The van der Waals surface area contributed by atoms with Crippen LogP contribution in [-0.4, -0.2) is 15.6 Å². The van der Waals surface area contributed by atoms with E-state index in [9.17, 15) is 4.79 Å². The van der Waals surface area contributed by atoms with E-state index >= 15 is 0 Å². The molecule has 0 atom stereocenters. The van der Waals surface area contributed by atoms with E-state index in [1.807, 2.05) is 20.8 Å². The minimum atomic E-state index is -0.0672. The first-order valence-corrected chi connectivity index (χ1v) is 6.56. The fraction of sp³-hybridized carbons (Fsp3) is 0.385. The molecule has 0 radical (unpaired) electrons. The highest BCUT2D eigenvalue weighted by Gasteiger charge is 2.23. The Bertz CT molecular complexity index is 596. The molecule has 0 aliphatic rings. The van der Waals surface area contributed by atoms with Crippen molar-refractivity contribution in [3.8, 4) is 0 Å². The van der Waals surface area contributed by atoms with Crippen molar-refractivity contribution >= 4 is 21.7 Å². The fourth-order valence-electron chi connectivity index (χ4n) is 1.93. The summed E-state index contributed by atoms with van der Waals surface area (Å²) in [5, 5.41) is 4.22. The number of rotatable bonds is 3. The predicted molar refractivity (Wildman–Crippen MR) is 71.9 cm³/mol. The third kappa shape index (κ3) is 2.14.